The molecule has 1 aromatic heterocycles. The van der Waals surface area contributed by atoms with Crippen LogP contribution in [0.15, 0.2) is 47.4 Å². The summed E-state index contributed by atoms with van der Waals surface area (Å²) in [5.74, 6) is -0.230. The summed E-state index contributed by atoms with van der Waals surface area (Å²) >= 11 is 0. The summed E-state index contributed by atoms with van der Waals surface area (Å²) < 4.78 is 7.22. The SMILES string of the molecule is Cc1ccc(C2CN(C(=O)c3cccn(C)c3=O)CCO2)cc1. The molecule has 5 heteroatoms. The predicted octanol–water partition coefficient (Wildman–Crippen LogP) is 1.91. The first kappa shape index (κ1) is 15.5. The van der Waals surface area contributed by atoms with E-state index in [4.69, 9.17) is 4.74 Å². The van der Waals surface area contributed by atoms with Crippen molar-refractivity contribution in [3.05, 3.63) is 69.6 Å². The third-order valence-electron chi connectivity index (χ3n) is 4.16. The van der Waals surface area contributed by atoms with Gasteiger partial charge >= 0.3 is 0 Å². The van der Waals surface area contributed by atoms with Gasteiger partial charge in [-0.15, -0.1) is 0 Å². The van der Waals surface area contributed by atoms with Crippen molar-refractivity contribution in [1.29, 1.82) is 0 Å². The van der Waals surface area contributed by atoms with E-state index in [1.807, 2.05) is 31.2 Å². The zero-order valence-electron chi connectivity index (χ0n) is 13.4. The average molecular weight is 312 g/mol. The number of carbonyl (C=O) groups excluding carboxylic acids is 1. The minimum Gasteiger partial charge on any atom is -0.370 e. The lowest BCUT2D eigenvalue weighted by molar-refractivity contribution is -0.0229. The molecule has 5 nitrogen and oxygen atoms in total. The molecule has 0 N–H and O–H groups in total. The van der Waals surface area contributed by atoms with Gasteiger partial charge in [0, 0.05) is 19.8 Å². The molecule has 1 atom stereocenters. The van der Waals surface area contributed by atoms with Crippen molar-refractivity contribution in [3.63, 3.8) is 0 Å². The van der Waals surface area contributed by atoms with Crippen molar-refractivity contribution in [2.24, 2.45) is 7.05 Å². The van der Waals surface area contributed by atoms with Gasteiger partial charge in [0.1, 0.15) is 11.7 Å². The van der Waals surface area contributed by atoms with Crippen LogP contribution in [-0.4, -0.2) is 35.1 Å². The van der Waals surface area contributed by atoms with Crippen LogP contribution in [0.5, 0.6) is 0 Å². The number of amides is 1. The Morgan fingerprint density at radius 1 is 1.22 bits per heavy atom. The fraction of sp³-hybridized carbons (Fsp3) is 0.333. The highest BCUT2D eigenvalue weighted by molar-refractivity contribution is 5.93. The van der Waals surface area contributed by atoms with Gasteiger partial charge in [-0.25, -0.2) is 0 Å². The quantitative estimate of drug-likeness (QED) is 0.851. The molecule has 2 aromatic rings. The number of aryl methyl sites for hydroxylation is 2. The van der Waals surface area contributed by atoms with Crippen LogP contribution in [0.25, 0.3) is 0 Å². The zero-order valence-corrected chi connectivity index (χ0v) is 13.4. The van der Waals surface area contributed by atoms with Gasteiger partial charge in [-0.2, -0.15) is 0 Å². The van der Waals surface area contributed by atoms with Crippen molar-refractivity contribution in [2.75, 3.05) is 19.7 Å². The monoisotopic (exact) mass is 312 g/mol. The summed E-state index contributed by atoms with van der Waals surface area (Å²) in [5, 5.41) is 0. The van der Waals surface area contributed by atoms with Crippen molar-refractivity contribution >= 4 is 5.91 Å². The molecule has 1 aliphatic heterocycles. The van der Waals surface area contributed by atoms with Crippen LogP contribution >= 0.6 is 0 Å². The molecule has 1 unspecified atom stereocenters. The Morgan fingerprint density at radius 3 is 2.70 bits per heavy atom. The van der Waals surface area contributed by atoms with E-state index in [0.717, 1.165) is 5.56 Å². The number of hydrogen-bond acceptors (Lipinski definition) is 3. The predicted molar refractivity (Wildman–Crippen MR) is 87.5 cm³/mol. The Labute approximate surface area is 135 Å². The Balaban J connectivity index is 1.80. The van der Waals surface area contributed by atoms with Gasteiger partial charge in [0.25, 0.3) is 11.5 Å². The maximum Gasteiger partial charge on any atom is 0.263 e. The first-order valence-electron chi connectivity index (χ1n) is 7.69. The van der Waals surface area contributed by atoms with Gasteiger partial charge in [-0.1, -0.05) is 29.8 Å². The Kier molecular flexibility index (Phi) is 4.30. The van der Waals surface area contributed by atoms with Gasteiger partial charge in [0.05, 0.1) is 13.2 Å². The molecule has 1 aliphatic rings. The first-order valence-corrected chi connectivity index (χ1v) is 7.69. The minimum atomic E-state index is -0.268. The zero-order chi connectivity index (χ0) is 16.4. The molecule has 1 aromatic carbocycles. The maximum atomic E-state index is 12.7. The average Bonchev–Trinajstić information content (AvgIpc) is 2.57. The van der Waals surface area contributed by atoms with E-state index in [1.165, 1.54) is 10.1 Å². The summed E-state index contributed by atoms with van der Waals surface area (Å²) in [6, 6.07) is 11.4. The highest BCUT2D eigenvalue weighted by atomic mass is 16.5. The molecule has 1 amide bonds. The fourth-order valence-corrected chi connectivity index (χ4v) is 2.75. The first-order chi connectivity index (χ1) is 11.1. The molecule has 2 heterocycles. The van der Waals surface area contributed by atoms with Crippen LogP contribution in [0.4, 0.5) is 0 Å². The van der Waals surface area contributed by atoms with E-state index in [0.29, 0.717) is 19.7 Å². The van der Waals surface area contributed by atoms with Gasteiger partial charge in [-0.3, -0.25) is 9.59 Å². The van der Waals surface area contributed by atoms with Crippen LogP contribution in [0.3, 0.4) is 0 Å². The second-order valence-corrected chi connectivity index (χ2v) is 5.86. The molecular formula is C18H20N2O3. The number of benzene rings is 1. The lowest BCUT2D eigenvalue weighted by Crippen LogP contribution is -2.44. The summed E-state index contributed by atoms with van der Waals surface area (Å²) in [6.45, 7) is 3.46. The number of carbonyl (C=O) groups is 1. The molecule has 0 saturated carbocycles. The largest absolute Gasteiger partial charge is 0.370 e. The summed E-state index contributed by atoms with van der Waals surface area (Å²) in [7, 11) is 1.65. The third kappa shape index (κ3) is 3.19. The fourth-order valence-electron chi connectivity index (χ4n) is 2.75. The minimum absolute atomic E-state index is 0.152. The van der Waals surface area contributed by atoms with Crippen molar-refractivity contribution in [2.45, 2.75) is 13.0 Å². The molecule has 0 spiro atoms. The molecule has 120 valence electrons. The molecule has 0 radical (unpaired) electrons. The Bertz CT molecular complexity index is 765. The Morgan fingerprint density at radius 2 is 1.96 bits per heavy atom. The van der Waals surface area contributed by atoms with E-state index < -0.39 is 0 Å². The number of nitrogens with zero attached hydrogens (tertiary/aromatic N) is 2. The number of rotatable bonds is 2. The van der Waals surface area contributed by atoms with Crippen LogP contribution in [0.2, 0.25) is 0 Å². The van der Waals surface area contributed by atoms with Crippen LogP contribution in [-0.2, 0) is 11.8 Å². The molecule has 3 rings (SSSR count). The standard InChI is InChI=1S/C18H20N2O3/c1-13-5-7-14(8-6-13)16-12-20(10-11-23-16)18(22)15-4-3-9-19(2)17(15)21/h3-9,16H,10-12H2,1-2H3. The van der Waals surface area contributed by atoms with Crippen molar-refractivity contribution in [3.8, 4) is 0 Å². The topological polar surface area (TPSA) is 51.5 Å². The third-order valence-corrected chi connectivity index (χ3v) is 4.16. The van der Waals surface area contributed by atoms with E-state index >= 15 is 0 Å². The summed E-state index contributed by atoms with van der Waals surface area (Å²) in [4.78, 5) is 26.5. The van der Waals surface area contributed by atoms with E-state index in [9.17, 15) is 9.59 Å². The highest BCUT2D eigenvalue weighted by Crippen LogP contribution is 2.23. The number of hydrogen-bond donors (Lipinski definition) is 0. The van der Waals surface area contributed by atoms with Crippen molar-refractivity contribution in [1.82, 2.24) is 9.47 Å². The van der Waals surface area contributed by atoms with Crippen LogP contribution in [0, 0.1) is 6.92 Å². The molecule has 23 heavy (non-hydrogen) atoms. The molecule has 0 bridgehead atoms. The molecule has 1 saturated heterocycles. The van der Waals surface area contributed by atoms with E-state index in [-0.39, 0.29) is 23.1 Å². The van der Waals surface area contributed by atoms with Gasteiger partial charge in [0.15, 0.2) is 0 Å². The molecular weight excluding hydrogens is 292 g/mol. The van der Waals surface area contributed by atoms with E-state index in [2.05, 4.69) is 0 Å². The second kappa shape index (κ2) is 6.38. The lowest BCUT2D eigenvalue weighted by atomic mass is 10.1. The number of aromatic nitrogens is 1. The highest BCUT2D eigenvalue weighted by Gasteiger charge is 2.27. The van der Waals surface area contributed by atoms with E-state index in [1.54, 1.807) is 30.3 Å². The van der Waals surface area contributed by atoms with Crippen LogP contribution in [0.1, 0.15) is 27.6 Å². The summed E-state index contributed by atoms with van der Waals surface area (Å²) in [6.07, 6.45) is 1.49. The van der Waals surface area contributed by atoms with Crippen LogP contribution < -0.4 is 5.56 Å². The van der Waals surface area contributed by atoms with Gasteiger partial charge in [0.2, 0.25) is 0 Å². The summed E-state index contributed by atoms with van der Waals surface area (Å²) in [5.41, 5.74) is 2.18. The Hall–Kier alpha value is -2.40. The number of pyridine rings is 1. The molecule has 0 aliphatic carbocycles. The van der Waals surface area contributed by atoms with Crippen molar-refractivity contribution < 1.29 is 9.53 Å². The second-order valence-electron chi connectivity index (χ2n) is 5.86. The lowest BCUT2D eigenvalue weighted by Gasteiger charge is -2.33. The van der Waals surface area contributed by atoms with Gasteiger partial charge < -0.3 is 14.2 Å². The van der Waals surface area contributed by atoms with Gasteiger partial charge in [-0.05, 0) is 24.6 Å². The molecule has 1 fully saturated rings. The maximum absolute atomic E-state index is 12.7. The normalized spacial score (nSPS) is 18.0. The smallest absolute Gasteiger partial charge is 0.263 e. The number of ether oxygens (including phenoxy) is 1. The number of morpholine rings is 1.